The molecule has 1 saturated heterocycles. The van der Waals surface area contributed by atoms with Gasteiger partial charge in [0, 0.05) is 45.2 Å². The van der Waals surface area contributed by atoms with Crippen molar-refractivity contribution in [3.63, 3.8) is 0 Å². The fourth-order valence-electron chi connectivity index (χ4n) is 3.42. The molecule has 2 heterocycles. The highest BCUT2D eigenvalue weighted by molar-refractivity contribution is 14.0. The number of likely N-dealkylation sites (tertiary alicyclic amines) is 1. The van der Waals surface area contributed by atoms with Crippen molar-refractivity contribution in [1.29, 1.82) is 0 Å². The van der Waals surface area contributed by atoms with Crippen molar-refractivity contribution in [3.8, 4) is 0 Å². The molecule has 30 heavy (non-hydrogen) atoms. The van der Waals surface area contributed by atoms with Crippen molar-refractivity contribution in [3.05, 3.63) is 17.0 Å². The number of nitrogens with one attached hydrogen (secondary N) is 2. The van der Waals surface area contributed by atoms with Crippen LogP contribution in [0.25, 0.3) is 0 Å². The highest BCUT2D eigenvalue weighted by atomic mass is 127. The van der Waals surface area contributed by atoms with Gasteiger partial charge in [0.15, 0.2) is 5.96 Å². The maximum Gasteiger partial charge on any atom is 0.410 e. The number of halogens is 1. The lowest BCUT2D eigenvalue weighted by atomic mass is 9.97. The number of guanidine groups is 1. The van der Waals surface area contributed by atoms with Gasteiger partial charge in [-0.05, 0) is 46.0 Å². The third kappa shape index (κ3) is 7.96. The van der Waals surface area contributed by atoms with Crippen LogP contribution < -0.4 is 10.6 Å². The van der Waals surface area contributed by atoms with Gasteiger partial charge in [-0.1, -0.05) is 19.0 Å². The summed E-state index contributed by atoms with van der Waals surface area (Å²) in [4.78, 5) is 18.3. The number of ether oxygens (including phenoxy) is 1. The molecule has 1 aliphatic rings. The Bertz CT molecular complexity index is 670. The number of hydrogen-bond acceptors (Lipinski definition) is 5. The van der Waals surface area contributed by atoms with Gasteiger partial charge in [0.1, 0.15) is 11.4 Å². The Morgan fingerprint density at radius 1 is 1.23 bits per heavy atom. The number of aliphatic imine (C=N–C) groups is 1. The average molecular weight is 535 g/mol. The summed E-state index contributed by atoms with van der Waals surface area (Å²) < 4.78 is 10.9. The SMILES string of the molecule is CCc1noc(CC)c1CNC(=NC)NCC1CCN(C(=O)OC(C)(C)C)CC1.I. The number of carbonyl (C=O) groups is 1. The molecule has 9 heteroatoms. The van der Waals surface area contributed by atoms with Gasteiger partial charge in [0.2, 0.25) is 0 Å². The van der Waals surface area contributed by atoms with Crippen molar-refractivity contribution >= 4 is 36.0 Å². The minimum atomic E-state index is -0.451. The van der Waals surface area contributed by atoms with E-state index in [1.54, 1.807) is 11.9 Å². The Morgan fingerprint density at radius 2 is 1.90 bits per heavy atom. The van der Waals surface area contributed by atoms with Gasteiger partial charge in [-0.15, -0.1) is 24.0 Å². The monoisotopic (exact) mass is 535 g/mol. The highest BCUT2D eigenvalue weighted by Crippen LogP contribution is 2.19. The van der Waals surface area contributed by atoms with E-state index in [2.05, 4.69) is 34.6 Å². The minimum absolute atomic E-state index is 0. The predicted octanol–water partition coefficient (Wildman–Crippen LogP) is 3.73. The maximum absolute atomic E-state index is 12.2. The first-order chi connectivity index (χ1) is 13.8. The molecule has 0 saturated carbocycles. The van der Waals surface area contributed by atoms with E-state index in [-0.39, 0.29) is 30.1 Å². The summed E-state index contributed by atoms with van der Waals surface area (Å²) in [5, 5.41) is 10.9. The van der Waals surface area contributed by atoms with Crippen molar-refractivity contribution in [2.45, 2.75) is 72.4 Å². The number of amides is 1. The molecule has 1 aromatic heterocycles. The Hall–Kier alpha value is -1.52. The molecule has 0 unspecified atom stereocenters. The first kappa shape index (κ1) is 26.5. The van der Waals surface area contributed by atoms with E-state index in [1.807, 2.05) is 20.8 Å². The molecule has 172 valence electrons. The zero-order valence-electron chi connectivity index (χ0n) is 19.2. The second-order valence-corrected chi connectivity index (χ2v) is 8.46. The van der Waals surface area contributed by atoms with Crippen molar-refractivity contribution in [1.82, 2.24) is 20.7 Å². The van der Waals surface area contributed by atoms with Gasteiger partial charge < -0.3 is 24.8 Å². The standard InChI is InChI=1S/C21H37N5O3.HI/c1-7-17-16(18(8-2)29-25-17)14-24-19(22-6)23-13-15-9-11-26(12-10-15)20(27)28-21(3,4)5;/h15H,7-14H2,1-6H3,(H2,22,23,24);1H. The summed E-state index contributed by atoms with van der Waals surface area (Å²) in [5.41, 5.74) is 1.68. The molecule has 0 aromatic carbocycles. The molecule has 0 radical (unpaired) electrons. The summed E-state index contributed by atoms with van der Waals surface area (Å²) in [7, 11) is 1.77. The van der Waals surface area contributed by atoms with Crippen LogP contribution in [0.2, 0.25) is 0 Å². The Balaban J connectivity index is 0.00000450. The van der Waals surface area contributed by atoms with E-state index in [1.165, 1.54) is 0 Å². The van der Waals surface area contributed by atoms with Crippen LogP contribution >= 0.6 is 24.0 Å². The molecule has 0 atom stereocenters. The van der Waals surface area contributed by atoms with Gasteiger partial charge >= 0.3 is 6.09 Å². The van der Waals surface area contributed by atoms with E-state index < -0.39 is 5.60 Å². The average Bonchev–Trinajstić information content (AvgIpc) is 3.09. The third-order valence-corrected chi connectivity index (χ3v) is 5.09. The molecule has 8 nitrogen and oxygen atoms in total. The molecular formula is C21H38IN5O3. The van der Waals surface area contributed by atoms with Crippen LogP contribution in [0.1, 0.15) is 64.5 Å². The first-order valence-corrected chi connectivity index (χ1v) is 10.7. The zero-order valence-corrected chi connectivity index (χ0v) is 21.5. The van der Waals surface area contributed by atoms with Gasteiger partial charge in [-0.3, -0.25) is 4.99 Å². The fraction of sp³-hybridized carbons (Fsp3) is 0.762. The van der Waals surface area contributed by atoms with Crippen molar-refractivity contribution < 1.29 is 14.1 Å². The van der Waals surface area contributed by atoms with E-state index in [0.717, 1.165) is 68.3 Å². The lowest BCUT2D eigenvalue weighted by Gasteiger charge is -2.33. The summed E-state index contributed by atoms with van der Waals surface area (Å²) in [6, 6.07) is 0. The van der Waals surface area contributed by atoms with E-state index in [4.69, 9.17) is 9.26 Å². The lowest BCUT2D eigenvalue weighted by Crippen LogP contribution is -2.45. The van der Waals surface area contributed by atoms with Gasteiger partial charge in [-0.25, -0.2) is 4.79 Å². The van der Waals surface area contributed by atoms with Crippen molar-refractivity contribution in [2.75, 3.05) is 26.7 Å². The number of hydrogen-bond donors (Lipinski definition) is 2. The number of rotatable bonds is 6. The summed E-state index contributed by atoms with van der Waals surface area (Å²) in [6.45, 7) is 12.8. The molecule has 0 bridgehead atoms. The smallest absolute Gasteiger partial charge is 0.410 e. The predicted molar refractivity (Wildman–Crippen MR) is 129 cm³/mol. The number of nitrogens with zero attached hydrogens (tertiary/aromatic N) is 3. The number of aromatic nitrogens is 1. The number of aryl methyl sites for hydroxylation is 2. The molecule has 0 spiro atoms. The Kier molecular flexibility index (Phi) is 10.9. The molecular weight excluding hydrogens is 497 g/mol. The third-order valence-electron chi connectivity index (χ3n) is 5.09. The molecule has 1 fully saturated rings. The minimum Gasteiger partial charge on any atom is -0.444 e. The van der Waals surface area contributed by atoms with E-state index in [0.29, 0.717) is 12.5 Å². The van der Waals surface area contributed by atoms with Crippen LogP contribution in [0.15, 0.2) is 9.52 Å². The largest absolute Gasteiger partial charge is 0.444 e. The summed E-state index contributed by atoms with van der Waals surface area (Å²) >= 11 is 0. The maximum atomic E-state index is 12.2. The molecule has 1 amide bonds. The van der Waals surface area contributed by atoms with Crippen LogP contribution in [-0.2, 0) is 24.1 Å². The van der Waals surface area contributed by atoms with Crippen LogP contribution in [0.3, 0.4) is 0 Å². The van der Waals surface area contributed by atoms with Gasteiger partial charge in [-0.2, -0.15) is 0 Å². The van der Waals surface area contributed by atoms with Gasteiger partial charge in [0.05, 0.1) is 5.69 Å². The van der Waals surface area contributed by atoms with Crippen molar-refractivity contribution in [2.24, 2.45) is 10.9 Å². The molecule has 1 aromatic rings. The summed E-state index contributed by atoms with van der Waals surface area (Å²) in [5.74, 6) is 2.20. The Labute approximate surface area is 197 Å². The van der Waals surface area contributed by atoms with Crippen LogP contribution in [0.5, 0.6) is 0 Å². The molecule has 0 aliphatic carbocycles. The number of carbonyl (C=O) groups excluding carboxylic acids is 1. The summed E-state index contributed by atoms with van der Waals surface area (Å²) in [6.07, 6.45) is 3.37. The molecule has 1 aliphatic heterocycles. The topological polar surface area (TPSA) is 92.0 Å². The molecule has 2 N–H and O–H groups in total. The lowest BCUT2D eigenvalue weighted by molar-refractivity contribution is 0.0185. The second-order valence-electron chi connectivity index (χ2n) is 8.46. The zero-order chi connectivity index (χ0) is 21.4. The van der Waals surface area contributed by atoms with Crippen LogP contribution in [0, 0.1) is 5.92 Å². The number of piperidine rings is 1. The first-order valence-electron chi connectivity index (χ1n) is 10.7. The Morgan fingerprint density at radius 3 is 2.43 bits per heavy atom. The van der Waals surface area contributed by atoms with E-state index >= 15 is 0 Å². The van der Waals surface area contributed by atoms with E-state index in [9.17, 15) is 4.79 Å². The van der Waals surface area contributed by atoms with Crippen LogP contribution in [-0.4, -0.2) is 54.4 Å². The second kappa shape index (κ2) is 12.4. The normalized spacial score (nSPS) is 15.5. The van der Waals surface area contributed by atoms with Crippen LogP contribution in [0.4, 0.5) is 4.79 Å². The highest BCUT2D eigenvalue weighted by Gasteiger charge is 2.26. The quantitative estimate of drug-likeness (QED) is 0.328. The van der Waals surface area contributed by atoms with Gasteiger partial charge in [0.25, 0.3) is 0 Å². The molecule has 2 rings (SSSR count). The fourth-order valence-corrected chi connectivity index (χ4v) is 3.42.